The standard InChI is InChI=1S/C15H24N4O/c1-3-9-19(4-2)14-6-5-12(10-17-14)15(20)18-13-7-8-16-11-13/h5-6,10,13,16H,3-4,7-9,11H2,1-2H3,(H,18,20). The van der Waals surface area contributed by atoms with Gasteiger partial charge in [-0.15, -0.1) is 0 Å². The minimum Gasteiger partial charge on any atom is -0.357 e. The molecule has 0 saturated carbocycles. The molecule has 1 atom stereocenters. The molecule has 0 aliphatic carbocycles. The summed E-state index contributed by atoms with van der Waals surface area (Å²) in [6.45, 7) is 8.02. The highest BCUT2D eigenvalue weighted by Crippen LogP contribution is 2.12. The smallest absolute Gasteiger partial charge is 0.253 e. The molecule has 0 aromatic carbocycles. The maximum absolute atomic E-state index is 12.1. The van der Waals surface area contributed by atoms with Gasteiger partial charge in [0.05, 0.1) is 5.56 Å². The highest BCUT2D eigenvalue weighted by atomic mass is 16.1. The second-order valence-corrected chi connectivity index (χ2v) is 5.15. The van der Waals surface area contributed by atoms with Crippen LogP contribution in [-0.4, -0.2) is 43.1 Å². The fourth-order valence-corrected chi connectivity index (χ4v) is 2.46. The molecule has 2 rings (SSSR count). The summed E-state index contributed by atoms with van der Waals surface area (Å²) >= 11 is 0. The van der Waals surface area contributed by atoms with Crippen LogP contribution in [0, 0.1) is 0 Å². The first-order chi connectivity index (χ1) is 9.74. The largest absolute Gasteiger partial charge is 0.357 e. The third kappa shape index (κ3) is 3.70. The van der Waals surface area contributed by atoms with Crippen LogP contribution in [0.5, 0.6) is 0 Å². The Morgan fingerprint density at radius 1 is 1.50 bits per heavy atom. The minimum absolute atomic E-state index is 0.0312. The van der Waals surface area contributed by atoms with Gasteiger partial charge in [0.15, 0.2) is 0 Å². The Balaban J connectivity index is 1.97. The average molecular weight is 276 g/mol. The first-order valence-electron chi connectivity index (χ1n) is 7.47. The van der Waals surface area contributed by atoms with Crippen molar-refractivity contribution in [3.63, 3.8) is 0 Å². The summed E-state index contributed by atoms with van der Waals surface area (Å²) in [5.41, 5.74) is 0.633. The number of amides is 1. The predicted octanol–water partition coefficient (Wildman–Crippen LogP) is 1.41. The van der Waals surface area contributed by atoms with Crippen molar-refractivity contribution in [1.82, 2.24) is 15.6 Å². The fourth-order valence-electron chi connectivity index (χ4n) is 2.46. The number of nitrogens with zero attached hydrogens (tertiary/aromatic N) is 2. The van der Waals surface area contributed by atoms with Crippen molar-refractivity contribution >= 4 is 11.7 Å². The molecule has 0 bridgehead atoms. The van der Waals surface area contributed by atoms with Gasteiger partial charge in [-0.1, -0.05) is 6.92 Å². The molecular weight excluding hydrogens is 252 g/mol. The number of hydrogen-bond donors (Lipinski definition) is 2. The molecule has 0 spiro atoms. The van der Waals surface area contributed by atoms with E-state index in [1.54, 1.807) is 6.20 Å². The first kappa shape index (κ1) is 14.8. The van der Waals surface area contributed by atoms with Crippen molar-refractivity contribution in [3.05, 3.63) is 23.9 Å². The number of carbonyl (C=O) groups is 1. The van der Waals surface area contributed by atoms with E-state index >= 15 is 0 Å². The zero-order valence-corrected chi connectivity index (χ0v) is 12.4. The van der Waals surface area contributed by atoms with E-state index in [2.05, 4.69) is 34.4 Å². The van der Waals surface area contributed by atoms with E-state index in [1.807, 2.05) is 12.1 Å². The van der Waals surface area contributed by atoms with Crippen molar-refractivity contribution in [2.75, 3.05) is 31.1 Å². The van der Waals surface area contributed by atoms with Crippen molar-refractivity contribution < 1.29 is 4.79 Å². The van der Waals surface area contributed by atoms with Crippen LogP contribution < -0.4 is 15.5 Å². The Kier molecular flexibility index (Phi) is 5.35. The lowest BCUT2D eigenvalue weighted by Gasteiger charge is -2.21. The molecule has 1 unspecified atom stereocenters. The highest BCUT2D eigenvalue weighted by Gasteiger charge is 2.17. The first-order valence-corrected chi connectivity index (χ1v) is 7.47. The van der Waals surface area contributed by atoms with Gasteiger partial charge in [-0.25, -0.2) is 4.98 Å². The minimum atomic E-state index is -0.0312. The second-order valence-electron chi connectivity index (χ2n) is 5.15. The van der Waals surface area contributed by atoms with Crippen LogP contribution in [0.2, 0.25) is 0 Å². The van der Waals surface area contributed by atoms with Gasteiger partial charge in [0.25, 0.3) is 5.91 Å². The summed E-state index contributed by atoms with van der Waals surface area (Å²) < 4.78 is 0. The molecule has 1 aliphatic heterocycles. The molecule has 0 radical (unpaired) electrons. The van der Waals surface area contributed by atoms with E-state index in [-0.39, 0.29) is 11.9 Å². The van der Waals surface area contributed by atoms with E-state index in [0.29, 0.717) is 5.56 Å². The quantitative estimate of drug-likeness (QED) is 0.825. The molecular formula is C15H24N4O. The normalized spacial score (nSPS) is 18.0. The van der Waals surface area contributed by atoms with E-state index in [0.717, 1.165) is 44.8 Å². The van der Waals surface area contributed by atoms with Crippen molar-refractivity contribution in [2.24, 2.45) is 0 Å². The van der Waals surface area contributed by atoms with Gasteiger partial charge < -0.3 is 15.5 Å². The molecule has 2 N–H and O–H groups in total. The lowest BCUT2D eigenvalue weighted by Crippen LogP contribution is -2.36. The van der Waals surface area contributed by atoms with Crippen LogP contribution >= 0.6 is 0 Å². The maximum atomic E-state index is 12.1. The topological polar surface area (TPSA) is 57.3 Å². The van der Waals surface area contributed by atoms with E-state index in [9.17, 15) is 4.79 Å². The van der Waals surface area contributed by atoms with E-state index in [4.69, 9.17) is 0 Å². The van der Waals surface area contributed by atoms with Crippen molar-refractivity contribution in [3.8, 4) is 0 Å². The monoisotopic (exact) mass is 276 g/mol. The van der Waals surface area contributed by atoms with Crippen LogP contribution in [-0.2, 0) is 0 Å². The van der Waals surface area contributed by atoms with Crippen molar-refractivity contribution in [1.29, 1.82) is 0 Å². The van der Waals surface area contributed by atoms with E-state index in [1.165, 1.54) is 0 Å². The summed E-state index contributed by atoms with van der Waals surface area (Å²) in [5, 5.41) is 6.27. The third-order valence-electron chi connectivity index (χ3n) is 3.60. The Hall–Kier alpha value is -1.62. The molecule has 1 amide bonds. The summed E-state index contributed by atoms with van der Waals surface area (Å²) in [5.74, 6) is 0.907. The number of aromatic nitrogens is 1. The fraction of sp³-hybridized carbons (Fsp3) is 0.600. The lowest BCUT2D eigenvalue weighted by atomic mass is 10.2. The van der Waals surface area contributed by atoms with Gasteiger partial charge in [0.2, 0.25) is 0 Å². The van der Waals surface area contributed by atoms with Crippen LogP contribution in [0.25, 0.3) is 0 Å². The third-order valence-corrected chi connectivity index (χ3v) is 3.60. The molecule has 1 aromatic rings. The average Bonchev–Trinajstić information content (AvgIpc) is 2.98. The summed E-state index contributed by atoms with van der Waals surface area (Å²) in [7, 11) is 0. The molecule has 1 aliphatic rings. The van der Waals surface area contributed by atoms with E-state index < -0.39 is 0 Å². The molecule has 1 saturated heterocycles. The van der Waals surface area contributed by atoms with Gasteiger partial charge in [0.1, 0.15) is 5.82 Å². The Bertz CT molecular complexity index is 426. The molecule has 2 heterocycles. The van der Waals surface area contributed by atoms with Crippen LogP contribution in [0.1, 0.15) is 37.0 Å². The molecule has 20 heavy (non-hydrogen) atoms. The zero-order chi connectivity index (χ0) is 14.4. The van der Waals surface area contributed by atoms with Crippen LogP contribution in [0.15, 0.2) is 18.3 Å². The molecule has 110 valence electrons. The number of hydrogen-bond acceptors (Lipinski definition) is 4. The zero-order valence-electron chi connectivity index (χ0n) is 12.4. The maximum Gasteiger partial charge on any atom is 0.253 e. The number of nitrogens with one attached hydrogen (secondary N) is 2. The Morgan fingerprint density at radius 3 is 2.90 bits per heavy atom. The Morgan fingerprint density at radius 2 is 2.35 bits per heavy atom. The molecule has 1 aromatic heterocycles. The number of pyridine rings is 1. The summed E-state index contributed by atoms with van der Waals surface area (Å²) in [6, 6.07) is 4.04. The van der Waals surface area contributed by atoms with Gasteiger partial charge in [-0.3, -0.25) is 4.79 Å². The van der Waals surface area contributed by atoms with Crippen LogP contribution in [0.3, 0.4) is 0 Å². The number of anilines is 1. The highest BCUT2D eigenvalue weighted by molar-refractivity contribution is 5.94. The van der Waals surface area contributed by atoms with Crippen molar-refractivity contribution in [2.45, 2.75) is 32.7 Å². The molecule has 5 nitrogen and oxygen atoms in total. The summed E-state index contributed by atoms with van der Waals surface area (Å²) in [4.78, 5) is 18.7. The summed E-state index contributed by atoms with van der Waals surface area (Å²) in [6.07, 6.45) is 3.76. The van der Waals surface area contributed by atoms with Gasteiger partial charge in [-0.05, 0) is 38.4 Å². The SMILES string of the molecule is CCCN(CC)c1ccc(C(=O)NC2CCNC2)cn1. The predicted molar refractivity (Wildman–Crippen MR) is 81.2 cm³/mol. The molecule has 1 fully saturated rings. The number of rotatable bonds is 6. The van der Waals surface area contributed by atoms with Gasteiger partial charge in [-0.2, -0.15) is 0 Å². The van der Waals surface area contributed by atoms with Gasteiger partial charge >= 0.3 is 0 Å². The number of carbonyl (C=O) groups excluding carboxylic acids is 1. The lowest BCUT2D eigenvalue weighted by molar-refractivity contribution is 0.0939. The Labute approximate surface area is 120 Å². The van der Waals surface area contributed by atoms with Crippen LogP contribution in [0.4, 0.5) is 5.82 Å². The second kappa shape index (κ2) is 7.24. The molecule has 5 heteroatoms. The van der Waals surface area contributed by atoms with Gasteiger partial charge in [0, 0.05) is 31.9 Å².